The van der Waals surface area contributed by atoms with Gasteiger partial charge in [0.1, 0.15) is 5.75 Å². The molecule has 0 radical (unpaired) electrons. The number of benzene rings is 1. The summed E-state index contributed by atoms with van der Waals surface area (Å²) in [5, 5.41) is 4.51. The molecule has 3 aromatic rings. The highest BCUT2D eigenvalue weighted by atomic mass is 19.3. The van der Waals surface area contributed by atoms with E-state index in [0.717, 1.165) is 5.56 Å². The first-order chi connectivity index (χ1) is 10.6. The van der Waals surface area contributed by atoms with Gasteiger partial charge in [-0.1, -0.05) is 12.1 Å². The Morgan fingerprint density at radius 1 is 1.27 bits per heavy atom. The van der Waals surface area contributed by atoms with Gasteiger partial charge in [-0.05, 0) is 25.1 Å². The van der Waals surface area contributed by atoms with E-state index in [1.165, 1.54) is 12.3 Å². The van der Waals surface area contributed by atoms with Gasteiger partial charge < -0.3 is 4.74 Å². The minimum Gasteiger partial charge on any atom is -0.497 e. The van der Waals surface area contributed by atoms with Gasteiger partial charge in [0.2, 0.25) is 0 Å². The third-order valence-electron chi connectivity index (χ3n) is 3.54. The molecule has 0 saturated carbocycles. The second-order valence-corrected chi connectivity index (χ2v) is 4.83. The highest BCUT2D eigenvalue weighted by molar-refractivity contribution is 5.82. The van der Waals surface area contributed by atoms with E-state index in [2.05, 4.69) is 10.1 Å². The molecule has 0 aliphatic rings. The zero-order valence-corrected chi connectivity index (χ0v) is 12.3. The summed E-state index contributed by atoms with van der Waals surface area (Å²) in [6, 6.07) is 8.61. The molecule has 4 nitrogen and oxygen atoms in total. The number of aryl methyl sites for hydroxylation is 1. The highest BCUT2D eigenvalue weighted by Crippen LogP contribution is 2.32. The summed E-state index contributed by atoms with van der Waals surface area (Å²) in [7, 11) is 1.56. The summed E-state index contributed by atoms with van der Waals surface area (Å²) in [4.78, 5) is 4.51. The summed E-state index contributed by atoms with van der Waals surface area (Å²) in [5.41, 5.74) is 1.63. The van der Waals surface area contributed by atoms with Crippen LogP contribution in [0.25, 0.3) is 22.3 Å². The second-order valence-electron chi connectivity index (χ2n) is 4.83. The van der Waals surface area contributed by atoms with Gasteiger partial charge >= 0.3 is 0 Å². The van der Waals surface area contributed by atoms with Crippen molar-refractivity contribution in [2.45, 2.75) is 19.9 Å². The fraction of sp³-hybridized carbons (Fsp3) is 0.250. The number of halogens is 2. The number of fused-ring (bicyclic) bond motifs is 1. The first kappa shape index (κ1) is 14.4. The topological polar surface area (TPSA) is 39.9 Å². The first-order valence-corrected chi connectivity index (χ1v) is 6.93. The predicted molar refractivity (Wildman–Crippen MR) is 80.1 cm³/mol. The van der Waals surface area contributed by atoms with Gasteiger partial charge in [-0.2, -0.15) is 5.10 Å². The molecule has 0 amide bonds. The third-order valence-corrected chi connectivity index (χ3v) is 3.54. The Morgan fingerprint density at radius 3 is 2.77 bits per heavy atom. The quantitative estimate of drug-likeness (QED) is 0.729. The fourth-order valence-electron chi connectivity index (χ4n) is 2.41. The Hall–Kier alpha value is -2.50. The predicted octanol–water partition coefficient (Wildman–Crippen LogP) is 4.06. The van der Waals surface area contributed by atoms with E-state index in [-0.39, 0.29) is 5.56 Å². The molecular weight excluding hydrogens is 288 g/mol. The molecule has 2 aromatic heterocycles. The number of pyridine rings is 1. The van der Waals surface area contributed by atoms with Crippen LogP contribution < -0.4 is 4.74 Å². The maximum absolute atomic E-state index is 13.4. The van der Waals surface area contributed by atoms with Crippen molar-refractivity contribution in [2.24, 2.45) is 0 Å². The van der Waals surface area contributed by atoms with Gasteiger partial charge in [0.25, 0.3) is 6.43 Å². The molecule has 0 atom stereocenters. The van der Waals surface area contributed by atoms with Gasteiger partial charge in [-0.3, -0.25) is 0 Å². The summed E-state index contributed by atoms with van der Waals surface area (Å²) >= 11 is 0. The zero-order valence-electron chi connectivity index (χ0n) is 12.3. The Labute approximate surface area is 126 Å². The van der Waals surface area contributed by atoms with Gasteiger partial charge in [0.15, 0.2) is 5.65 Å². The summed E-state index contributed by atoms with van der Waals surface area (Å²) in [6.45, 7) is 2.47. The number of aromatic nitrogens is 3. The van der Waals surface area contributed by atoms with Crippen molar-refractivity contribution in [2.75, 3.05) is 7.11 Å². The van der Waals surface area contributed by atoms with Crippen LogP contribution in [0.5, 0.6) is 5.75 Å². The molecule has 0 fully saturated rings. The number of rotatable bonds is 4. The van der Waals surface area contributed by atoms with Crippen molar-refractivity contribution in [3.8, 4) is 17.0 Å². The Kier molecular flexibility index (Phi) is 3.75. The number of alkyl halides is 2. The fourth-order valence-corrected chi connectivity index (χ4v) is 2.41. The minimum absolute atomic E-state index is 0.0532. The average Bonchev–Trinajstić information content (AvgIpc) is 2.96. The normalized spacial score (nSPS) is 11.3. The van der Waals surface area contributed by atoms with Crippen molar-refractivity contribution in [3.05, 3.63) is 42.1 Å². The third kappa shape index (κ3) is 2.41. The maximum Gasteiger partial charge on any atom is 0.264 e. The lowest BCUT2D eigenvalue weighted by molar-refractivity contribution is 0.153. The van der Waals surface area contributed by atoms with Crippen molar-refractivity contribution >= 4 is 11.0 Å². The molecule has 0 aliphatic carbocycles. The van der Waals surface area contributed by atoms with Crippen LogP contribution >= 0.6 is 0 Å². The van der Waals surface area contributed by atoms with Crippen molar-refractivity contribution in [3.63, 3.8) is 0 Å². The minimum atomic E-state index is -2.58. The van der Waals surface area contributed by atoms with Gasteiger partial charge in [-0.15, -0.1) is 0 Å². The molecular formula is C16H15F2N3O. The summed E-state index contributed by atoms with van der Waals surface area (Å²) in [5.74, 6) is 0.655. The van der Waals surface area contributed by atoms with Crippen LogP contribution in [0.4, 0.5) is 8.78 Å². The van der Waals surface area contributed by atoms with Crippen LogP contribution in [-0.4, -0.2) is 21.9 Å². The molecule has 3 rings (SSSR count). The Bertz CT molecular complexity index is 814. The van der Waals surface area contributed by atoms with E-state index in [1.54, 1.807) is 30.0 Å². The number of nitrogens with zero attached hydrogens (tertiary/aromatic N) is 3. The SMILES string of the molecule is CCn1ncc2c(C(F)F)cc(-c3cccc(OC)c3)nc21. The molecule has 0 unspecified atom stereocenters. The number of methoxy groups -OCH3 is 1. The van der Waals surface area contributed by atoms with E-state index >= 15 is 0 Å². The van der Waals surface area contributed by atoms with Crippen LogP contribution in [0.15, 0.2) is 36.5 Å². The van der Waals surface area contributed by atoms with E-state index < -0.39 is 6.43 Å². The van der Waals surface area contributed by atoms with Crippen molar-refractivity contribution in [1.82, 2.24) is 14.8 Å². The lowest BCUT2D eigenvalue weighted by Crippen LogP contribution is -1.99. The van der Waals surface area contributed by atoms with Crippen molar-refractivity contribution < 1.29 is 13.5 Å². The smallest absolute Gasteiger partial charge is 0.264 e. The van der Waals surface area contributed by atoms with E-state index in [4.69, 9.17) is 4.74 Å². The molecule has 0 aliphatic heterocycles. The van der Waals surface area contributed by atoms with E-state index in [0.29, 0.717) is 29.0 Å². The van der Waals surface area contributed by atoms with Gasteiger partial charge in [-0.25, -0.2) is 18.4 Å². The van der Waals surface area contributed by atoms with Gasteiger partial charge in [0.05, 0.1) is 19.0 Å². The average molecular weight is 303 g/mol. The number of hydrogen-bond acceptors (Lipinski definition) is 3. The zero-order chi connectivity index (χ0) is 15.7. The Balaban J connectivity index is 2.24. The largest absolute Gasteiger partial charge is 0.497 e. The number of ether oxygens (including phenoxy) is 1. The molecule has 0 N–H and O–H groups in total. The van der Waals surface area contributed by atoms with Crippen LogP contribution in [-0.2, 0) is 6.54 Å². The molecule has 1 aromatic carbocycles. The second kappa shape index (κ2) is 5.71. The molecule has 2 heterocycles. The lowest BCUT2D eigenvalue weighted by atomic mass is 10.1. The molecule has 0 spiro atoms. The van der Waals surface area contributed by atoms with Crippen molar-refractivity contribution in [1.29, 1.82) is 0 Å². The molecule has 0 saturated heterocycles. The standard InChI is InChI=1S/C16H15F2N3O/c1-3-21-16-13(9-19-21)12(15(17)18)8-14(20-16)10-5-4-6-11(7-10)22-2/h4-9,15H,3H2,1-2H3. The van der Waals surface area contributed by atoms with E-state index in [9.17, 15) is 8.78 Å². The number of hydrogen-bond donors (Lipinski definition) is 0. The maximum atomic E-state index is 13.4. The molecule has 22 heavy (non-hydrogen) atoms. The van der Waals surface area contributed by atoms with Crippen LogP contribution in [0.1, 0.15) is 18.9 Å². The first-order valence-electron chi connectivity index (χ1n) is 6.93. The Morgan fingerprint density at radius 2 is 2.09 bits per heavy atom. The highest BCUT2D eigenvalue weighted by Gasteiger charge is 2.18. The monoisotopic (exact) mass is 303 g/mol. The van der Waals surface area contributed by atoms with Crippen LogP contribution in [0.3, 0.4) is 0 Å². The van der Waals surface area contributed by atoms with Gasteiger partial charge in [0, 0.05) is 23.1 Å². The summed E-state index contributed by atoms with van der Waals surface area (Å²) < 4.78 is 33.5. The van der Waals surface area contributed by atoms with Crippen LogP contribution in [0, 0.1) is 0 Å². The lowest BCUT2D eigenvalue weighted by Gasteiger charge is -2.09. The molecule has 114 valence electrons. The summed E-state index contributed by atoms with van der Waals surface area (Å²) in [6.07, 6.45) is -1.13. The van der Waals surface area contributed by atoms with Crippen LogP contribution in [0.2, 0.25) is 0 Å². The molecule has 6 heteroatoms. The molecule has 0 bridgehead atoms. The van der Waals surface area contributed by atoms with E-state index in [1.807, 2.05) is 13.0 Å².